The van der Waals surface area contributed by atoms with E-state index in [0.717, 1.165) is 48.5 Å². The summed E-state index contributed by atoms with van der Waals surface area (Å²) in [5, 5.41) is 20.5. The molecule has 0 amide bonds. The maximum atomic E-state index is 13.1. The summed E-state index contributed by atoms with van der Waals surface area (Å²) < 4.78 is 10.5. The number of carbonyl (C=O) groups is 2. The lowest BCUT2D eigenvalue weighted by Crippen LogP contribution is -2.34. The van der Waals surface area contributed by atoms with Crippen molar-refractivity contribution in [2.45, 2.75) is 65.8 Å². The fourth-order valence-electron chi connectivity index (χ4n) is 4.78. The highest BCUT2D eigenvalue weighted by molar-refractivity contribution is 6.06. The van der Waals surface area contributed by atoms with Gasteiger partial charge in [0.05, 0.1) is 19.6 Å². The van der Waals surface area contributed by atoms with E-state index in [9.17, 15) is 19.8 Å². The van der Waals surface area contributed by atoms with Crippen molar-refractivity contribution in [3.8, 4) is 23.0 Å². The van der Waals surface area contributed by atoms with Crippen molar-refractivity contribution in [2.75, 3.05) is 27.3 Å². The second-order valence-corrected chi connectivity index (χ2v) is 10.7. The van der Waals surface area contributed by atoms with Crippen molar-refractivity contribution in [3.05, 3.63) is 47.0 Å². The minimum Gasteiger partial charge on any atom is -0.504 e. The summed E-state index contributed by atoms with van der Waals surface area (Å²) in [6.07, 6.45) is 3.66. The van der Waals surface area contributed by atoms with E-state index in [4.69, 9.17) is 9.47 Å². The fourth-order valence-corrected chi connectivity index (χ4v) is 4.78. The highest BCUT2D eigenvalue weighted by Crippen LogP contribution is 2.34. The lowest BCUT2D eigenvalue weighted by atomic mass is 9.79. The zero-order valence-corrected chi connectivity index (χ0v) is 22.8. The minimum absolute atomic E-state index is 0.0487. The number of benzene rings is 2. The average molecular weight is 512 g/mol. The standard InChI is InChI=1S/C30H41NO6/c1-20-12-14-31(15-13-20)19-23-16-22(18-26(37-5)29(23)35)8-11-28(34)30(2,3)27(33)10-7-21-6-9-24(32)25(17-21)36-4/h6,9,16-18,20,32,35H,7-8,10-15,19H2,1-5H3. The third kappa shape index (κ3) is 7.25. The van der Waals surface area contributed by atoms with Gasteiger partial charge in [0.1, 0.15) is 11.6 Å². The van der Waals surface area contributed by atoms with E-state index in [1.165, 1.54) is 14.2 Å². The Hall–Kier alpha value is -3.06. The molecule has 0 bridgehead atoms. The first-order chi connectivity index (χ1) is 17.5. The summed E-state index contributed by atoms with van der Waals surface area (Å²) in [4.78, 5) is 28.5. The van der Waals surface area contributed by atoms with Crippen molar-refractivity contribution in [1.29, 1.82) is 0 Å². The Bertz CT molecular complexity index is 1100. The van der Waals surface area contributed by atoms with Crippen LogP contribution < -0.4 is 9.47 Å². The Kier molecular flexibility index (Phi) is 9.60. The molecule has 1 aliphatic heterocycles. The maximum Gasteiger partial charge on any atom is 0.162 e. The molecular formula is C30H41NO6. The van der Waals surface area contributed by atoms with E-state index in [-0.39, 0.29) is 35.9 Å². The second kappa shape index (κ2) is 12.5. The molecule has 7 nitrogen and oxygen atoms in total. The Morgan fingerprint density at radius 3 is 2.08 bits per heavy atom. The number of phenols is 2. The number of carbonyl (C=O) groups excluding carboxylic acids is 2. The number of aryl methyl sites for hydroxylation is 2. The molecule has 1 saturated heterocycles. The summed E-state index contributed by atoms with van der Waals surface area (Å²) >= 11 is 0. The molecule has 2 aromatic carbocycles. The van der Waals surface area contributed by atoms with Gasteiger partial charge in [-0.1, -0.05) is 19.1 Å². The number of ketones is 2. The number of nitrogens with zero attached hydrogens (tertiary/aromatic N) is 1. The molecule has 0 saturated carbocycles. The predicted molar refractivity (Wildman–Crippen MR) is 143 cm³/mol. The van der Waals surface area contributed by atoms with Gasteiger partial charge in [0.15, 0.2) is 23.0 Å². The molecule has 2 aromatic rings. The van der Waals surface area contributed by atoms with E-state index in [0.29, 0.717) is 30.9 Å². The smallest absolute Gasteiger partial charge is 0.162 e. The van der Waals surface area contributed by atoms with Gasteiger partial charge < -0.3 is 19.7 Å². The van der Waals surface area contributed by atoms with Gasteiger partial charge in [-0.05, 0) is 87.9 Å². The molecule has 37 heavy (non-hydrogen) atoms. The highest BCUT2D eigenvalue weighted by Gasteiger charge is 2.34. The van der Waals surface area contributed by atoms with Crippen LogP contribution in [0.2, 0.25) is 0 Å². The van der Waals surface area contributed by atoms with E-state index in [1.807, 2.05) is 6.07 Å². The van der Waals surface area contributed by atoms with Crippen LogP contribution in [-0.2, 0) is 29.0 Å². The summed E-state index contributed by atoms with van der Waals surface area (Å²) in [6.45, 7) is 8.29. The Morgan fingerprint density at radius 2 is 1.49 bits per heavy atom. The molecule has 0 aliphatic carbocycles. The number of phenolic OH excluding ortho intramolecular Hbond substituents is 2. The van der Waals surface area contributed by atoms with Crippen LogP contribution in [0, 0.1) is 11.3 Å². The highest BCUT2D eigenvalue weighted by atomic mass is 16.5. The van der Waals surface area contributed by atoms with E-state index in [1.54, 1.807) is 38.1 Å². The normalized spacial score (nSPS) is 14.9. The number of hydrogen-bond acceptors (Lipinski definition) is 7. The van der Waals surface area contributed by atoms with Crippen molar-refractivity contribution >= 4 is 11.6 Å². The number of Topliss-reactive ketones (excluding diaryl/α,β-unsaturated/α-hetero) is 2. The molecule has 1 heterocycles. The topological polar surface area (TPSA) is 96.3 Å². The van der Waals surface area contributed by atoms with E-state index >= 15 is 0 Å². The molecule has 1 aliphatic rings. The number of rotatable bonds is 12. The fraction of sp³-hybridized carbons (Fsp3) is 0.533. The number of ether oxygens (including phenoxy) is 2. The van der Waals surface area contributed by atoms with Crippen LogP contribution in [0.25, 0.3) is 0 Å². The van der Waals surface area contributed by atoms with Gasteiger partial charge in [0.25, 0.3) is 0 Å². The zero-order valence-electron chi connectivity index (χ0n) is 22.8. The lowest BCUT2D eigenvalue weighted by molar-refractivity contribution is -0.138. The van der Waals surface area contributed by atoms with Crippen LogP contribution in [0.4, 0.5) is 0 Å². The SMILES string of the molecule is COc1cc(CCC(=O)C(C)(C)C(=O)CCc2cc(CN3CCC(C)CC3)c(O)c(OC)c2)ccc1O. The Balaban J connectivity index is 1.62. The van der Waals surface area contributed by atoms with Crippen molar-refractivity contribution in [1.82, 2.24) is 4.90 Å². The third-order valence-electron chi connectivity index (χ3n) is 7.62. The van der Waals surface area contributed by atoms with Crippen molar-refractivity contribution < 1.29 is 29.3 Å². The monoisotopic (exact) mass is 511 g/mol. The number of methoxy groups -OCH3 is 2. The zero-order chi connectivity index (χ0) is 27.2. The van der Waals surface area contributed by atoms with Crippen LogP contribution in [-0.4, -0.2) is 54.0 Å². The number of hydrogen-bond donors (Lipinski definition) is 2. The van der Waals surface area contributed by atoms with Crippen LogP contribution in [0.3, 0.4) is 0 Å². The largest absolute Gasteiger partial charge is 0.504 e. The van der Waals surface area contributed by atoms with Gasteiger partial charge in [-0.25, -0.2) is 0 Å². The summed E-state index contributed by atoms with van der Waals surface area (Å²) in [7, 11) is 3.01. The second-order valence-electron chi connectivity index (χ2n) is 10.7. The molecule has 202 valence electrons. The van der Waals surface area contributed by atoms with Gasteiger partial charge in [-0.3, -0.25) is 14.5 Å². The van der Waals surface area contributed by atoms with E-state index in [2.05, 4.69) is 11.8 Å². The Labute approximate surface area is 220 Å². The molecule has 0 unspecified atom stereocenters. The Morgan fingerprint density at radius 1 is 0.919 bits per heavy atom. The summed E-state index contributed by atoms with van der Waals surface area (Å²) in [5.74, 6) is 1.47. The van der Waals surface area contributed by atoms with Crippen molar-refractivity contribution in [3.63, 3.8) is 0 Å². The van der Waals surface area contributed by atoms with Crippen LogP contribution in [0.15, 0.2) is 30.3 Å². The van der Waals surface area contributed by atoms with Gasteiger partial charge >= 0.3 is 0 Å². The van der Waals surface area contributed by atoms with Gasteiger partial charge in [0.2, 0.25) is 0 Å². The van der Waals surface area contributed by atoms with Gasteiger partial charge in [-0.15, -0.1) is 0 Å². The molecule has 2 N–H and O–H groups in total. The molecule has 1 fully saturated rings. The average Bonchev–Trinajstić information content (AvgIpc) is 2.89. The molecule has 0 atom stereocenters. The quantitative estimate of drug-likeness (QED) is 0.384. The predicted octanol–water partition coefficient (Wildman–Crippen LogP) is 5.08. The number of aromatic hydroxyl groups is 2. The molecule has 0 radical (unpaired) electrons. The minimum atomic E-state index is -1.10. The summed E-state index contributed by atoms with van der Waals surface area (Å²) in [5.41, 5.74) is 1.46. The van der Waals surface area contributed by atoms with Gasteiger partial charge in [-0.2, -0.15) is 0 Å². The molecule has 0 spiro atoms. The lowest BCUT2D eigenvalue weighted by Gasteiger charge is -2.30. The number of piperidine rings is 1. The summed E-state index contributed by atoms with van der Waals surface area (Å²) in [6, 6.07) is 8.73. The maximum absolute atomic E-state index is 13.1. The first-order valence-electron chi connectivity index (χ1n) is 13.1. The van der Waals surface area contributed by atoms with Crippen molar-refractivity contribution in [2.24, 2.45) is 11.3 Å². The first kappa shape index (κ1) is 28.5. The molecule has 3 rings (SSSR count). The molecule has 7 heteroatoms. The molecule has 0 aromatic heterocycles. The first-order valence-corrected chi connectivity index (χ1v) is 13.1. The van der Waals surface area contributed by atoms with Crippen LogP contribution in [0.5, 0.6) is 23.0 Å². The molecular weight excluding hydrogens is 470 g/mol. The third-order valence-corrected chi connectivity index (χ3v) is 7.62. The van der Waals surface area contributed by atoms with E-state index < -0.39 is 5.41 Å². The number of likely N-dealkylation sites (tertiary alicyclic amines) is 1. The van der Waals surface area contributed by atoms with Crippen LogP contribution in [0.1, 0.15) is 63.1 Å². The van der Waals surface area contributed by atoms with Gasteiger partial charge in [0, 0.05) is 24.9 Å². The van der Waals surface area contributed by atoms with Crippen LogP contribution >= 0.6 is 0 Å².